The lowest BCUT2D eigenvalue weighted by Crippen LogP contribution is -2.51. The fourth-order valence-electron chi connectivity index (χ4n) is 5.66. The van der Waals surface area contributed by atoms with E-state index in [1.165, 1.54) is 24.3 Å². The van der Waals surface area contributed by atoms with Crippen molar-refractivity contribution in [2.75, 3.05) is 26.2 Å². The highest BCUT2D eigenvalue weighted by Crippen LogP contribution is 2.43. The Balaban J connectivity index is 1.44. The van der Waals surface area contributed by atoms with Crippen LogP contribution in [0.4, 0.5) is 8.78 Å². The molecule has 4 rings (SSSR count). The Morgan fingerprint density at radius 2 is 1.75 bits per heavy atom. The van der Waals surface area contributed by atoms with Gasteiger partial charge in [-0.15, -0.1) is 0 Å². The van der Waals surface area contributed by atoms with Gasteiger partial charge in [-0.3, -0.25) is 14.5 Å². The molecule has 2 aliphatic rings. The molecule has 0 spiro atoms. The van der Waals surface area contributed by atoms with Crippen LogP contribution in [0.25, 0.3) is 0 Å². The predicted octanol–water partition coefficient (Wildman–Crippen LogP) is 2.47. The molecule has 0 radical (unpaired) electrons. The molecule has 0 saturated carbocycles. The van der Waals surface area contributed by atoms with Crippen LogP contribution in [-0.4, -0.2) is 76.3 Å². The summed E-state index contributed by atoms with van der Waals surface area (Å²) >= 11 is 0. The minimum Gasteiger partial charge on any atom is -0.393 e. The van der Waals surface area contributed by atoms with E-state index < -0.39 is 37.0 Å². The second kappa shape index (κ2) is 11.0. The van der Waals surface area contributed by atoms with Crippen molar-refractivity contribution in [1.82, 2.24) is 9.80 Å². The lowest BCUT2D eigenvalue weighted by molar-refractivity contribution is -0.148. The summed E-state index contributed by atoms with van der Waals surface area (Å²) < 4.78 is 30.0. The van der Waals surface area contributed by atoms with Crippen molar-refractivity contribution in [2.45, 2.75) is 55.7 Å². The molecule has 2 aliphatic heterocycles. The highest BCUT2D eigenvalue weighted by molar-refractivity contribution is 5.92. The van der Waals surface area contributed by atoms with Gasteiger partial charge in [-0.05, 0) is 49.3 Å². The first-order chi connectivity index (χ1) is 17.2. The van der Waals surface area contributed by atoms with Gasteiger partial charge in [0.15, 0.2) is 6.10 Å². The van der Waals surface area contributed by atoms with E-state index in [-0.39, 0.29) is 30.1 Å². The molecule has 4 N–H and O–H groups in total. The number of primary amides is 1. The van der Waals surface area contributed by atoms with Crippen LogP contribution >= 0.6 is 0 Å². The minimum atomic E-state index is -3.30. The Bertz CT molecular complexity index is 1050. The van der Waals surface area contributed by atoms with Crippen LogP contribution in [0, 0.1) is 0 Å². The van der Waals surface area contributed by atoms with E-state index in [1.807, 2.05) is 18.2 Å². The number of piperidine rings is 1. The fourth-order valence-corrected chi connectivity index (χ4v) is 5.66. The van der Waals surface area contributed by atoms with E-state index >= 15 is 8.78 Å². The Labute approximate surface area is 209 Å². The predicted molar refractivity (Wildman–Crippen MR) is 130 cm³/mol. The summed E-state index contributed by atoms with van der Waals surface area (Å²) in [5.41, 5.74) is 6.79. The van der Waals surface area contributed by atoms with Crippen molar-refractivity contribution in [3.05, 3.63) is 71.3 Å². The summed E-state index contributed by atoms with van der Waals surface area (Å²) in [5.74, 6) is -4.39. The van der Waals surface area contributed by atoms with Crippen LogP contribution < -0.4 is 5.73 Å². The molecule has 0 aromatic heterocycles. The maximum Gasteiger partial charge on any atom is 0.290 e. The molecule has 3 atom stereocenters. The average Bonchev–Trinajstić information content (AvgIpc) is 3.12. The SMILES string of the molecule is NC(=O)c1cccc(C2CC3CCC(C2)N3CCN(CC(F)(F)c2ccccc2)C(=O)[C@@H](O)CO)c1. The third-order valence-electron chi connectivity index (χ3n) is 7.51. The smallest absolute Gasteiger partial charge is 0.290 e. The zero-order chi connectivity index (χ0) is 25.9. The molecule has 0 aliphatic carbocycles. The van der Waals surface area contributed by atoms with E-state index in [2.05, 4.69) is 4.90 Å². The maximum atomic E-state index is 15.0. The molecule has 2 fully saturated rings. The highest BCUT2D eigenvalue weighted by Gasteiger charge is 2.42. The van der Waals surface area contributed by atoms with Crippen molar-refractivity contribution in [1.29, 1.82) is 0 Å². The Hall–Kier alpha value is -2.88. The van der Waals surface area contributed by atoms with E-state index in [0.29, 0.717) is 12.1 Å². The molecule has 2 saturated heterocycles. The standard InChI is InChI=1S/C27H33F2N3O4/c28-27(29,21-7-2-1-3-8-21)17-31(26(36)24(34)16-33)11-12-32-22-9-10-23(32)15-20(14-22)18-5-4-6-19(13-18)25(30)35/h1-8,13,20,22-24,33-34H,9-12,14-17H2,(H2,30,35)/t20?,22?,23?,24-/m0/s1. The number of aliphatic hydroxyl groups excluding tert-OH is 2. The van der Waals surface area contributed by atoms with Crippen molar-refractivity contribution >= 4 is 11.8 Å². The van der Waals surface area contributed by atoms with Crippen LogP contribution in [0.1, 0.15) is 53.1 Å². The Morgan fingerprint density at radius 1 is 1.08 bits per heavy atom. The molecular weight excluding hydrogens is 468 g/mol. The first-order valence-corrected chi connectivity index (χ1v) is 12.4. The lowest BCUT2D eigenvalue weighted by Gasteiger charge is -2.40. The quantitative estimate of drug-likeness (QED) is 0.464. The number of nitrogens with zero attached hydrogens (tertiary/aromatic N) is 2. The van der Waals surface area contributed by atoms with Crippen LogP contribution in [0.3, 0.4) is 0 Å². The van der Waals surface area contributed by atoms with E-state index in [0.717, 1.165) is 36.1 Å². The lowest BCUT2D eigenvalue weighted by atomic mass is 9.84. The van der Waals surface area contributed by atoms with Gasteiger partial charge in [-0.25, -0.2) is 0 Å². The first-order valence-electron chi connectivity index (χ1n) is 12.4. The maximum absolute atomic E-state index is 15.0. The van der Waals surface area contributed by atoms with Crippen LogP contribution in [0.5, 0.6) is 0 Å². The van der Waals surface area contributed by atoms with Gasteiger partial charge in [0.2, 0.25) is 5.91 Å². The number of alkyl halides is 2. The van der Waals surface area contributed by atoms with Crippen molar-refractivity contribution < 1.29 is 28.6 Å². The summed E-state index contributed by atoms with van der Waals surface area (Å²) in [4.78, 5) is 27.5. The number of carbonyl (C=O) groups is 2. The van der Waals surface area contributed by atoms with Gasteiger partial charge in [0.25, 0.3) is 11.8 Å². The van der Waals surface area contributed by atoms with Crippen LogP contribution in [0.15, 0.2) is 54.6 Å². The number of rotatable bonds is 10. The van der Waals surface area contributed by atoms with Crippen LogP contribution in [-0.2, 0) is 10.7 Å². The molecular formula is C27H33F2N3O4. The number of hydrogen-bond acceptors (Lipinski definition) is 5. The number of carbonyl (C=O) groups excluding carboxylic acids is 2. The summed E-state index contributed by atoms with van der Waals surface area (Å²) in [6.07, 6.45) is 1.95. The van der Waals surface area contributed by atoms with E-state index in [4.69, 9.17) is 5.73 Å². The Kier molecular flexibility index (Phi) is 8.02. The van der Waals surface area contributed by atoms with Gasteiger partial charge in [0, 0.05) is 36.3 Å². The number of hydrogen-bond donors (Lipinski definition) is 3. The zero-order valence-corrected chi connectivity index (χ0v) is 20.1. The molecule has 2 aromatic rings. The molecule has 2 amide bonds. The van der Waals surface area contributed by atoms with Gasteiger partial charge in [-0.1, -0.05) is 42.5 Å². The number of fused-ring (bicyclic) bond motifs is 2. The van der Waals surface area contributed by atoms with E-state index in [9.17, 15) is 19.8 Å². The normalized spacial score (nSPS) is 22.8. The molecule has 36 heavy (non-hydrogen) atoms. The summed E-state index contributed by atoms with van der Waals surface area (Å²) in [6.45, 7) is -1.28. The van der Waals surface area contributed by atoms with E-state index in [1.54, 1.807) is 12.1 Å². The number of amides is 2. The largest absolute Gasteiger partial charge is 0.393 e. The van der Waals surface area contributed by atoms with Gasteiger partial charge in [0.1, 0.15) is 0 Å². The third kappa shape index (κ3) is 5.74. The highest BCUT2D eigenvalue weighted by atomic mass is 19.3. The van der Waals surface area contributed by atoms with Gasteiger partial charge in [0.05, 0.1) is 13.2 Å². The second-order valence-electron chi connectivity index (χ2n) is 9.81. The number of benzene rings is 2. The second-order valence-corrected chi connectivity index (χ2v) is 9.81. The van der Waals surface area contributed by atoms with Crippen molar-refractivity contribution in [3.63, 3.8) is 0 Å². The first kappa shape index (κ1) is 26.2. The van der Waals surface area contributed by atoms with Crippen LogP contribution in [0.2, 0.25) is 0 Å². The number of aliphatic hydroxyl groups is 2. The summed E-state index contributed by atoms with van der Waals surface area (Å²) in [6, 6.07) is 15.2. The molecule has 2 unspecified atom stereocenters. The number of halogens is 2. The summed E-state index contributed by atoms with van der Waals surface area (Å²) in [5, 5.41) is 19.2. The topological polar surface area (TPSA) is 107 Å². The average molecular weight is 502 g/mol. The van der Waals surface area contributed by atoms with Crippen molar-refractivity contribution in [3.8, 4) is 0 Å². The molecule has 194 valence electrons. The molecule has 2 heterocycles. The van der Waals surface area contributed by atoms with Crippen molar-refractivity contribution in [2.24, 2.45) is 5.73 Å². The number of nitrogens with two attached hydrogens (primary N) is 1. The monoisotopic (exact) mass is 501 g/mol. The molecule has 7 nitrogen and oxygen atoms in total. The molecule has 9 heteroatoms. The molecule has 2 aromatic carbocycles. The zero-order valence-electron chi connectivity index (χ0n) is 20.1. The van der Waals surface area contributed by atoms with Gasteiger partial charge < -0.3 is 20.8 Å². The summed E-state index contributed by atoms with van der Waals surface area (Å²) in [7, 11) is 0. The minimum absolute atomic E-state index is 0.0210. The molecule has 2 bridgehead atoms. The Morgan fingerprint density at radius 3 is 2.36 bits per heavy atom. The fraction of sp³-hybridized carbons (Fsp3) is 0.481. The van der Waals surface area contributed by atoms with Gasteiger partial charge in [-0.2, -0.15) is 8.78 Å². The third-order valence-corrected chi connectivity index (χ3v) is 7.51. The van der Waals surface area contributed by atoms with Gasteiger partial charge >= 0.3 is 0 Å².